The van der Waals surface area contributed by atoms with E-state index in [9.17, 15) is 0 Å². The highest BCUT2D eigenvalue weighted by molar-refractivity contribution is 5.28. The third kappa shape index (κ3) is 4.90. The molecule has 0 saturated heterocycles. The summed E-state index contributed by atoms with van der Waals surface area (Å²) < 4.78 is 5.26. The first-order chi connectivity index (χ1) is 10.2. The Morgan fingerprint density at radius 1 is 1.29 bits per heavy atom. The molecule has 2 rings (SSSR count). The summed E-state index contributed by atoms with van der Waals surface area (Å²) >= 11 is 0. The van der Waals surface area contributed by atoms with Crippen molar-refractivity contribution in [3.05, 3.63) is 47.5 Å². The lowest BCUT2D eigenvalue weighted by molar-refractivity contribution is 0.314. The van der Waals surface area contributed by atoms with Gasteiger partial charge in [0.1, 0.15) is 11.6 Å². The van der Waals surface area contributed by atoms with Crippen LogP contribution in [0.2, 0.25) is 0 Å². The second-order valence-electron chi connectivity index (χ2n) is 5.48. The molecule has 1 aromatic carbocycles. The first kappa shape index (κ1) is 15.6. The van der Waals surface area contributed by atoms with E-state index in [1.807, 2.05) is 18.3 Å². The van der Waals surface area contributed by atoms with Crippen LogP contribution in [0.4, 0.5) is 0 Å². The van der Waals surface area contributed by atoms with Crippen LogP contribution in [0.1, 0.15) is 36.8 Å². The van der Waals surface area contributed by atoms with Crippen LogP contribution in [0.25, 0.3) is 0 Å². The molecule has 1 aromatic heterocycles. The Morgan fingerprint density at radius 2 is 2.14 bits per heavy atom. The lowest BCUT2D eigenvalue weighted by Crippen LogP contribution is -2.17. The van der Waals surface area contributed by atoms with Gasteiger partial charge in [-0.1, -0.05) is 25.5 Å². The van der Waals surface area contributed by atoms with Crippen molar-refractivity contribution in [1.29, 1.82) is 0 Å². The SMILES string of the molecule is CCCCc1ncc(CN(C)Cc2cccc(OC)c2)[nH]1. The Hall–Kier alpha value is -1.81. The third-order valence-electron chi connectivity index (χ3n) is 3.48. The van der Waals surface area contributed by atoms with Crippen LogP contribution < -0.4 is 4.74 Å². The Balaban J connectivity index is 1.88. The predicted octanol–water partition coefficient (Wildman–Crippen LogP) is 3.39. The maximum Gasteiger partial charge on any atom is 0.119 e. The van der Waals surface area contributed by atoms with Crippen molar-refractivity contribution in [2.24, 2.45) is 0 Å². The number of ether oxygens (including phenoxy) is 1. The van der Waals surface area contributed by atoms with E-state index in [1.165, 1.54) is 24.1 Å². The average Bonchev–Trinajstić information content (AvgIpc) is 2.92. The summed E-state index contributed by atoms with van der Waals surface area (Å²) in [4.78, 5) is 10.1. The zero-order chi connectivity index (χ0) is 15.1. The van der Waals surface area contributed by atoms with E-state index < -0.39 is 0 Å². The second-order valence-corrected chi connectivity index (χ2v) is 5.48. The zero-order valence-electron chi connectivity index (χ0n) is 13.2. The number of H-pyrrole nitrogens is 1. The molecule has 1 N–H and O–H groups in total. The predicted molar refractivity (Wildman–Crippen MR) is 85.4 cm³/mol. The van der Waals surface area contributed by atoms with Crippen LogP contribution in [0.3, 0.4) is 0 Å². The molecule has 0 aliphatic carbocycles. The number of unbranched alkanes of at least 4 members (excludes halogenated alkanes) is 1. The van der Waals surface area contributed by atoms with Gasteiger partial charge in [-0.2, -0.15) is 0 Å². The van der Waals surface area contributed by atoms with Crippen molar-refractivity contribution >= 4 is 0 Å². The average molecular weight is 287 g/mol. The molecule has 0 radical (unpaired) electrons. The molecule has 1 heterocycles. The zero-order valence-corrected chi connectivity index (χ0v) is 13.2. The summed E-state index contributed by atoms with van der Waals surface area (Å²) in [5, 5.41) is 0. The smallest absolute Gasteiger partial charge is 0.119 e. The summed E-state index contributed by atoms with van der Waals surface area (Å²) in [7, 11) is 3.82. The summed E-state index contributed by atoms with van der Waals surface area (Å²) in [5.74, 6) is 2.01. The lowest BCUT2D eigenvalue weighted by atomic mass is 10.2. The fourth-order valence-corrected chi connectivity index (χ4v) is 2.39. The fraction of sp³-hybridized carbons (Fsp3) is 0.471. The van der Waals surface area contributed by atoms with E-state index in [0.717, 1.165) is 31.1 Å². The maximum absolute atomic E-state index is 5.26. The minimum absolute atomic E-state index is 0.871. The van der Waals surface area contributed by atoms with E-state index in [4.69, 9.17) is 4.74 Å². The van der Waals surface area contributed by atoms with Gasteiger partial charge in [-0.3, -0.25) is 4.90 Å². The van der Waals surface area contributed by atoms with Crippen molar-refractivity contribution in [3.63, 3.8) is 0 Å². The summed E-state index contributed by atoms with van der Waals surface area (Å²) in [5.41, 5.74) is 2.43. The molecule has 0 bridgehead atoms. The first-order valence-corrected chi connectivity index (χ1v) is 7.55. The number of aryl methyl sites for hydroxylation is 1. The number of benzene rings is 1. The topological polar surface area (TPSA) is 41.2 Å². The molecule has 0 amide bonds. The van der Waals surface area contributed by atoms with E-state index in [0.29, 0.717) is 0 Å². The molecule has 21 heavy (non-hydrogen) atoms. The standard InChI is InChI=1S/C17H25N3O/c1-4-5-9-17-18-11-15(19-17)13-20(2)12-14-7-6-8-16(10-14)21-3/h6-8,10-11H,4-5,9,12-13H2,1-3H3,(H,18,19). The first-order valence-electron chi connectivity index (χ1n) is 7.55. The van der Waals surface area contributed by atoms with Gasteiger partial charge in [0.2, 0.25) is 0 Å². The number of hydrogen-bond acceptors (Lipinski definition) is 3. The molecule has 0 aliphatic heterocycles. The number of nitrogens with zero attached hydrogens (tertiary/aromatic N) is 2. The Morgan fingerprint density at radius 3 is 2.90 bits per heavy atom. The van der Waals surface area contributed by atoms with Gasteiger partial charge in [-0.05, 0) is 31.2 Å². The molecule has 114 valence electrons. The molecule has 2 aromatic rings. The van der Waals surface area contributed by atoms with Crippen molar-refractivity contribution in [1.82, 2.24) is 14.9 Å². The summed E-state index contributed by atoms with van der Waals surface area (Å²) in [6.45, 7) is 3.96. The van der Waals surface area contributed by atoms with Gasteiger partial charge in [0, 0.05) is 31.4 Å². The molecule has 0 unspecified atom stereocenters. The largest absolute Gasteiger partial charge is 0.497 e. The minimum Gasteiger partial charge on any atom is -0.497 e. The van der Waals surface area contributed by atoms with Crippen molar-refractivity contribution in [2.45, 2.75) is 39.3 Å². The van der Waals surface area contributed by atoms with Crippen LogP contribution in [0.5, 0.6) is 5.75 Å². The molecule has 4 nitrogen and oxygen atoms in total. The van der Waals surface area contributed by atoms with Crippen LogP contribution in [0.15, 0.2) is 30.5 Å². The van der Waals surface area contributed by atoms with Crippen LogP contribution >= 0.6 is 0 Å². The molecular formula is C17H25N3O. The molecule has 0 atom stereocenters. The lowest BCUT2D eigenvalue weighted by Gasteiger charge is -2.16. The highest BCUT2D eigenvalue weighted by atomic mass is 16.5. The molecule has 0 saturated carbocycles. The van der Waals surface area contributed by atoms with Gasteiger partial charge in [0.25, 0.3) is 0 Å². The second kappa shape index (κ2) is 7.84. The van der Waals surface area contributed by atoms with Crippen LogP contribution in [-0.4, -0.2) is 29.0 Å². The number of aromatic nitrogens is 2. The molecule has 0 spiro atoms. The summed E-state index contributed by atoms with van der Waals surface area (Å²) in [6, 6.07) is 8.20. The Kier molecular flexibility index (Phi) is 5.81. The van der Waals surface area contributed by atoms with Gasteiger partial charge in [0.15, 0.2) is 0 Å². The monoisotopic (exact) mass is 287 g/mol. The van der Waals surface area contributed by atoms with E-state index in [-0.39, 0.29) is 0 Å². The number of imidazole rings is 1. The number of rotatable bonds is 8. The Bertz CT molecular complexity index is 550. The normalized spacial score (nSPS) is 11.0. The van der Waals surface area contributed by atoms with Crippen molar-refractivity contribution in [3.8, 4) is 5.75 Å². The van der Waals surface area contributed by atoms with Crippen LogP contribution in [-0.2, 0) is 19.5 Å². The van der Waals surface area contributed by atoms with Crippen molar-refractivity contribution in [2.75, 3.05) is 14.2 Å². The number of methoxy groups -OCH3 is 1. The molecule has 0 fully saturated rings. The minimum atomic E-state index is 0.871. The van der Waals surface area contributed by atoms with Gasteiger partial charge >= 0.3 is 0 Å². The van der Waals surface area contributed by atoms with Gasteiger partial charge in [-0.25, -0.2) is 4.98 Å². The van der Waals surface area contributed by atoms with Crippen LogP contribution in [0, 0.1) is 0 Å². The van der Waals surface area contributed by atoms with E-state index in [2.05, 4.69) is 41.0 Å². The molecular weight excluding hydrogens is 262 g/mol. The highest BCUT2D eigenvalue weighted by Gasteiger charge is 2.06. The number of nitrogens with one attached hydrogen (secondary N) is 1. The van der Waals surface area contributed by atoms with E-state index >= 15 is 0 Å². The maximum atomic E-state index is 5.26. The number of hydrogen-bond donors (Lipinski definition) is 1. The third-order valence-corrected chi connectivity index (χ3v) is 3.48. The number of aromatic amines is 1. The Labute approximate surface area is 127 Å². The quantitative estimate of drug-likeness (QED) is 0.809. The molecule has 4 heteroatoms. The molecule has 0 aliphatic rings. The summed E-state index contributed by atoms with van der Waals surface area (Å²) in [6.07, 6.45) is 5.38. The van der Waals surface area contributed by atoms with E-state index in [1.54, 1.807) is 7.11 Å². The van der Waals surface area contributed by atoms with Gasteiger partial charge < -0.3 is 9.72 Å². The van der Waals surface area contributed by atoms with Crippen molar-refractivity contribution < 1.29 is 4.74 Å². The van der Waals surface area contributed by atoms with Gasteiger partial charge in [0.05, 0.1) is 7.11 Å². The highest BCUT2D eigenvalue weighted by Crippen LogP contribution is 2.14. The fourth-order valence-electron chi connectivity index (χ4n) is 2.39. The van der Waals surface area contributed by atoms with Gasteiger partial charge in [-0.15, -0.1) is 0 Å².